The summed E-state index contributed by atoms with van der Waals surface area (Å²) in [6, 6.07) is 4.46. The number of hydrogen-bond acceptors (Lipinski definition) is 5. The second kappa shape index (κ2) is 10.4. The standard InChI is InChI=1S/C17H29N3O4S/c1-5-10-18-11-12-19-17(21)14-8-9-15(24-4)16(13-14)25(22,23)20(6-2)7-3/h8-9,13,18H,5-7,10-12H2,1-4H3,(H,19,21). The average Bonchev–Trinajstić information content (AvgIpc) is 2.61. The summed E-state index contributed by atoms with van der Waals surface area (Å²) in [4.78, 5) is 12.3. The van der Waals surface area contributed by atoms with Crippen LogP contribution in [0.25, 0.3) is 0 Å². The molecular weight excluding hydrogens is 342 g/mol. The molecule has 0 bridgehead atoms. The quantitative estimate of drug-likeness (QED) is 0.575. The monoisotopic (exact) mass is 371 g/mol. The molecule has 0 aromatic heterocycles. The second-order valence-electron chi connectivity index (χ2n) is 5.46. The van der Waals surface area contributed by atoms with E-state index >= 15 is 0 Å². The molecule has 0 aliphatic heterocycles. The minimum absolute atomic E-state index is 0.00968. The van der Waals surface area contributed by atoms with E-state index in [4.69, 9.17) is 4.74 Å². The van der Waals surface area contributed by atoms with Gasteiger partial charge in [-0.1, -0.05) is 20.8 Å². The van der Waals surface area contributed by atoms with Gasteiger partial charge in [-0.15, -0.1) is 0 Å². The van der Waals surface area contributed by atoms with E-state index in [0.717, 1.165) is 13.0 Å². The number of sulfonamides is 1. The zero-order chi connectivity index (χ0) is 18.9. The number of hydrogen-bond donors (Lipinski definition) is 2. The van der Waals surface area contributed by atoms with Crippen LogP contribution >= 0.6 is 0 Å². The Hall–Kier alpha value is -1.64. The fourth-order valence-electron chi connectivity index (χ4n) is 2.39. The predicted molar refractivity (Wildman–Crippen MR) is 98.6 cm³/mol. The minimum Gasteiger partial charge on any atom is -0.495 e. The Morgan fingerprint density at radius 1 is 1.12 bits per heavy atom. The Kier molecular flexibility index (Phi) is 8.88. The lowest BCUT2D eigenvalue weighted by molar-refractivity contribution is 0.0953. The van der Waals surface area contributed by atoms with E-state index in [1.165, 1.54) is 23.5 Å². The maximum atomic E-state index is 12.8. The van der Waals surface area contributed by atoms with Crippen molar-refractivity contribution in [3.63, 3.8) is 0 Å². The maximum Gasteiger partial charge on any atom is 0.251 e. The molecule has 25 heavy (non-hydrogen) atoms. The highest BCUT2D eigenvalue weighted by molar-refractivity contribution is 7.89. The molecule has 0 heterocycles. The lowest BCUT2D eigenvalue weighted by Gasteiger charge is -2.20. The molecule has 1 rings (SSSR count). The molecule has 1 aromatic rings. The number of benzene rings is 1. The summed E-state index contributed by atoms with van der Waals surface area (Å²) in [5.74, 6) is -0.0787. The number of rotatable bonds is 11. The molecule has 1 amide bonds. The average molecular weight is 372 g/mol. The molecule has 0 saturated heterocycles. The van der Waals surface area contributed by atoms with Gasteiger partial charge in [0.25, 0.3) is 5.91 Å². The second-order valence-corrected chi connectivity index (χ2v) is 7.37. The largest absolute Gasteiger partial charge is 0.495 e. The number of nitrogens with one attached hydrogen (secondary N) is 2. The van der Waals surface area contributed by atoms with E-state index < -0.39 is 10.0 Å². The first-order valence-electron chi connectivity index (χ1n) is 8.59. The molecule has 8 heteroatoms. The van der Waals surface area contributed by atoms with Gasteiger partial charge >= 0.3 is 0 Å². The first-order chi connectivity index (χ1) is 11.9. The van der Waals surface area contributed by atoms with Crippen molar-refractivity contribution in [1.29, 1.82) is 0 Å². The van der Waals surface area contributed by atoms with Crippen LogP contribution in [-0.4, -0.2) is 58.5 Å². The number of nitrogens with zero attached hydrogens (tertiary/aromatic N) is 1. The van der Waals surface area contributed by atoms with Crippen LogP contribution in [0.15, 0.2) is 23.1 Å². The van der Waals surface area contributed by atoms with E-state index in [0.29, 0.717) is 31.7 Å². The Bertz CT molecular complexity index is 658. The van der Waals surface area contributed by atoms with E-state index in [-0.39, 0.29) is 16.6 Å². The Morgan fingerprint density at radius 2 is 1.80 bits per heavy atom. The Balaban J connectivity index is 3.00. The summed E-state index contributed by atoms with van der Waals surface area (Å²) in [6.07, 6.45) is 1.03. The number of carbonyl (C=O) groups excluding carboxylic acids is 1. The molecule has 1 aromatic carbocycles. The Labute approximate surface area is 150 Å². The summed E-state index contributed by atoms with van der Waals surface area (Å²) < 4.78 is 32.1. The van der Waals surface area contributed by atoms with Crippen molar-refractivity contribution in [2.45, 2.75) is 32.1 Å². The molecule has 2 N–H and O–H groups in total. The summed E-state index contributed by atoms with van der Waals surface area (Å²) in [7, 11) is -2.30. The molecule has 0 aliphatic carbocycles. The minimum atomic E-state index is -3.72. The molecule has 0 saturated carbocycles. The van der Waals surface area contributed by atoms with Crippen LogP contribution < -0.4 is 15.4 Å². The Morgan fingerprint density at radius 3 is 2.36 bits per heavy atom. The maximum absolute atomic E-state index is 12.8. The van der Waals surface area contributed by atoms with Crippen molar-refractivity contribution in [3.05, 3.63) is 23.8 Å². The van der Waals surface area contributed by atoms with Gasteiger partial charge in [0, 0.05) is 31.7 Å². The van der Waals surface area contributed by atoms with Crippen molar-refractivity contribution >= 4 is 15.9 Å². The number of methoxy groups -OCH3 is 1. The van der Waals surface area contributed by atoms with Crippen LogP contribution in [-0.2, 0) is 10.0 Å². The van der Waals surface area contributed by atoms with Crippen LogP contribution in [0, 0.1) is 0 Å². The highest BCUT2D eigenvalue weighted by atomic mass is 32.2. The van der Waals surface area contributed by atoms with E-state index in [1.807, 2.05) is 0 Å². The molecule has 142 valence electrons. The predicted octanol–water partition coefficient (Wildman–Crippen LogP) is 1.46. The van der Waals surface area contributed by atoms with Gasteiger partial charge in [0.05, 0.1) is 7.11 Å². The van der Waals surface area contributed by atoms with Gasteiger partial charge in [-0.3, -0.25) is 4.79 Å². The third-order valence-electron chi connectivity index (χ3n) is 3.76. The van der Waals surface area contributed by atoms with Crippen molar-refractivity contribution in [1.82, 2.24) is 14.9 Å². The van der Waals surface area contributed by atoms with Crippen molar-refractivity contribution < 1.29 is 17.9 Å². The topological polar surface area (TPSA) is 87.7 Å². The van der Waals surface area contributed by atoms with Crippen LogP contribution in [0.1, 0.15) is 37.6 Å². The van der Waals surface area contributed by atoms with Crippen LogP contribution in [0.3, 0.4) is 0 Å². The van der Waals surface area contributed by atoms with E-state index in [9.17, 15) is 13.2 Å². The van der Waals surface area contributed by atoms with Gasteiger partial charge in [-0.05, 0) is 31.2 Å². The summed E-state index contributed by atoms with van der Waals surface area (Å²) in [6.45, 7) is 8.35. The fraction of sp³-hybridized carbons (Fsp3) is 0.588. The van der Waals surface area contributed by atoms with E-state index in [1.54, 1.807) is 19.9 Å². The zero-order valence-electron chi connectivity index (χ0n) is 15.5. The van der Waals surface area contributed by atoms with Crippen molar-refractivity contribution in [2.24, 2.45) is 0 Å². The summed E-state index contributed by atoms with van der Waals surface area (Å²) >= 11 is 0. The lowest BCUT2D eigenvalue weighted by atomic mass is 10.2. The first-order valence-corrected chi connectivity index (χ1v) is 10.0. The molecule has 0 spiro atoms. The van der Waals surface area contributed by atoms with Crippen LogP contribution in [0.4, 0.5) is 0 Å². The number of ether oxygens (including phenoxy) is 1. The number of carbonyl (C=O) groups is 1. The molecule has 7 nitrogen and oxygen atoms in total. The summed E-state index contributed by atoms with van der Waals surface area (Å²) in [5.41, 5.74) is 0.294. The lowest BCUT2D eigenvalue weighted by Crippen LogP contribution is -2.33. The molecule has 0 unspecified atom stereocenters. The van der Waals surface area contributed by atoms with Crippen LogP contribution in [0.2, 0.25) is 0 Å². The van der Waals surface area contributed by atoms with Gasteiger partial charge in [-0.2, -0.15) is 4.31 Å². The zero-order valence-corrected chi connectivity index (χ0v) is 16.3. The molecule has 0 atom stereocenters. The SMILES string of the molecule is CCCNCCNC(=O)c1ccc(OC)c(S(=O)(=O)N(CC)CC)c1. The summed E-state index contributed by atoms with van der Waals surface area (Å²) in [5, 5.41) is 5.97. The molecule has 0 aliphatic rings. The van der Waals surface area contributed by atoms with Gasteiger partial charge in [0.15, 0.2) is 0 Å². The van der Waals surface area contributed by atoms with Gasteiger partial charge in [0.1, 0.15) is 10.6 Å². The third-order valence-corrected chi connectivity index (χ3v) is 5.83. The molecular formula is C17H29N3O4S. The number of amides is 1. The van der Waals surface area contributed by atoms with Crippen molar-refractivity contribution in [2.75, 3.05) is 39.8 Å². The first kappa shape index (κ1) is 21.4. The van der Waals surface area contributed by atoms with Gasteiger partial charge < -0.3 is 15.4 Å². The van der Waals surface area contributed by atoms with Crippen molar-refractivity contribution in [3.8, 4) is 5.75 Å². The van der Waals surface area contributed by atoms with Gasteiger partial charge in [0.2, 0.25) is 10.0 Å². The highest BCUT2D eigenvalue weighted by Crippen LogP contribution is 2.27. The van der Waals surface area contributed by atoms with Gasteiger partial charge in [-0.25, -0.2) is 8.42 Å². The smallest absolute Gasteiger partial charge is 0.251 e. The highest BCUT2D eigenvalue weighted by Gasteiger charge is 2.26. The third kappa shape index (κ3) is 5.69. The van der Waals surface area contributed by atoms with Crippen LogP contribution in [0.5, 0.6) is 5.75 Å². The van der Waals surface area contributed by atoms with E-state index in [2.05, 4.69) is 17.6 Å². The normalized spacial score (nSPS) is 11.6. The molecule has 0 radical (unpaired) electrons. The fourth-order valence-corrected chi connectivity index (χ4v) is 4.03. The molecule has 0 fully saturated rings.